The predicted molar refractivity (Wildman–Crippen MR) is 43.7 cm³/mol. The molecule has 1 aromatic heterocycles. The van der Waals surface area contributed by atoms with E-state index >= 15 is 0 Å². The first-order valence-corrected chi connectivity index (χ1v) is 3.49. The van der Waals surface area contributed by atoms with Crippen LogP contribution in [0, 0.1) is 0 Å². The first-order chi connectivity index (χ1) is 5.44. The molecule has 0 atom stereocenters. The highest BCUT2D eigenvalue weighted by atomic mass is 16.4. The molecule has 0 spiro atoms. The number of nitrogens with zero attached hydrogens (tertiary/aromatic N) is 1. The van der Waals surface area contributed by atoms with Crippen LogP contribution in [-0.4, -0.2) is 21.3 Å². The Morgan fingerprint density at radius 2 is 2.33 bits per heavy atom. The molecule has 0 saturated heterocycles. The molecule has 12 heavy (non-hydrogen) atoms. The maximum atomic E-state index is 10.7. The second kappa shape index (κ2) is 2.51. The molecule has 0 fully saturated rings. The number of carboxylic acids is 1. The Kier molecular flexibility index (Phi) is 1.79. The van der Waals surface area contributed by atoms with Crippen molar-refractivity contribution in [3.8, 4) is 0 Å². The van der Waals surface area contributed by atoms with Gasteiger partial charge in [-0.2, -0.15) is 5.10 Å². The minimum absolute atomic E-state index is 0.305. The third-order valence-electron chi connectivity index (χ3n) is 1.81. The summed E-state index contributed by atoms with van der Waals surface area (Å²) in [7, 11) is 0. The van der Waals surface area contributed by atoms with Gasteiger partial charge in [-0.05, 0) is 13.8 Å². The summed E-state index contributed by atoms with van der Waals surface area (Å²) in [6, 6.07) is 1.52. The quantitative estimate of drug-likeness (QED) is 0.595. The van der Waals surface area contributed by atoms with E-state index in [9.17, 15) is 4.79 Å². The Balaban J connectivity index is 3.05. The molecule has 66 valence electrons. The van der Waals surface area contributed by atoms with Crippen LogP contribution >= 0.6 is 0 Å². The fraction of sp³-hybridized carbons (Fsp3) is 0.429. The van der Waals surface area contributed by atoms with Crippen molar-refractivity contribution in [2.45, 2.75) is 19.3 Å². The van der Waals surface area contributed by atoms with Crippen molar-refractivity contribution in [2.24, 2.45) is 0 Å². The number of carboxylic acid groups (broad SMARTS) is 1. The Morgan fingerprint density at radius 1 is 1.75 bits per heavy atom. The number of aliphatic carboxylic acids is 1. The summed E-state index contributed by atoms with van der Waals surface area (Å²) in [5, 5.41) is 15.0. The zero-order valence-corrected chi connectivity index (χ0v) is 6.96. The van der Waals surface area contributed by atoms with Gasteiger partial charge in [-0.1, -0.05) is 0 Å². The van der Waals surface area contributed by atoms with Gasteiger partial charge < -0.3 is 10.8 Å². The minimum Gasteiger partial charge on any atom is -0.481 e. The molecule has 0 saturated carbocycles. The number of hydrogen-bond acceptors (Lipinski definition) is 3. The molecule has 0 amide bonds. The molecular weight excluding hydrogens is 158 g/mol. The summed E-state index contributed by atoms with van der Waals surface area (Å²) in [6.45, 7) is 3.17. The van der Waals surface area contributed by atoms with E-state index in [0.29, 0.717) is 11.5 Å². The van der Waals surface area contributed by atoms with Gasteiger partial charge in [0.1, 0.15) is 11.2 Å². The van der Waals surface area contributed by atoms with Crippen LogP contribution in [-0.2, 0) is 10.2 Å². The van der Waals surface area contributed by atoms with Crippen LogP contribution in [0.4, 0.5) is 5.82 Å². The number of rotatable bonds is 2. The van der Waals surface area contributed by atoms with Crippen molar-refractivity contribution in [1.29, 1.82) is 0 Å². The molecule has 4 N–H and O–H groups in total. The number of carbonyl (C=O) groups is 1. The molecule has 0 unspecified atom stereocenters. The highest BCUT2D eigenvalue weighted by Gasteiger charge is 2.31. The highest BCUT2D eigenvalue weighted by molar-refractivity contribution is 5.79. The fourth-order valence-electron chi connectivity index (χ4n) is 0.773. The van der Waals surface area contributed by atoms with Crippen molar-refractivity contribution in [3.05, 3.63) is 11.8 Å². The average molecular weight is 169 g/mol. The number of nitrogens with two attached hydrogens (primary N) is 1. The van der Waals surface area contributed by atoms with Crippen molar-refractivity contribution in [2.75, 3.05) is 5.73 Å². The Bertz CT molecular complexity index is 303. The number of anilines is 1. The van der Waals surface area contributed by atoms with E-state index in [0.717, 1.165) is 0 Å². The molecular formula is C7H11N3O2. The molecule has 0 bridgehead atoms. The fourth-order valence-corrected chi connectivity index (χ4v) is 0.773. The topological polar surface area (TPSA) is 92.0 Å². The standard InChI is InChI=1S/C7H11N3O2/c1-7(2,6(11)12)4-3-5(8)10-9-4/h3H,1-2H3,(H,11,12)(H3,8,9,10). The predicted octanol–water partition coefficient (Wildman–Crippen LogP) is 0.354. The van der Waals surface area contributed by atoms with E-state index in [-0.39, 0.29) is 0 Å². The van der Waals surface area contributed by atoms with Crippen LogP contribution in [0.3, 0.4) is 0 Å². The van der Waals surface area contributed by atoms with E-state index in [4.69, 9.17) is 10.8 Å². The van der Waals surface area contributed by atoms with Crippen LogP contribution in [0.2, 0.25) is 0 Å². The van der Waals surface area contributed by atoms with E-state index in [1.165, 1.54) is 6.07 Å². The van der Waals surface area contributed by atoms with E-state index < -0.39 is 11.4 Å². The molecule has 1 aromatic rings. The van der Waals surface area contributed by atoms with Crippen molar-refractivity contribution < 1.29 is 9.90 Å². The first-order valence-electron chi connectivity index (χ1n) is 3.49. The normalized spacial score (nSPS) is 11.5. The third kappa shape index (κ3) is 1.25. The lowest BCUT2D eigenvalue weighted by Crippen LogP contribution is -2.28. The summed E-state index contributed by atoms with van der Waals surface area (Å²) in [5.41, 5.74) is 4.88. The zero-order valence-electron chi connectivity index (χ0n) is 6.96. The number of H-pyrrole nitrogens is 1. The number of nitrogen functional groups attached to an aromatic ring is 1. The molecule has 1 rings (SSSR count). The Hall–Kier alpha value is -1.52. The van der Waals surface area contributed by atoms with E-state index in [2.05, 4.69) is 10.2 Å². The van der Waals surface area contributed by atoms with Gasteiger partial charge in [0.25, 0.3) is 0 Å². The lowest BCUT2D eigenvalue weighted by atomic mass is 9.90. The van der Waals surface area contributed by atoms with Gasteiger partial charge in [0.2, 0.25) is 0 Å². The van der Waals surface area contributed by atoms with Gasteiger partial charge in [0, 0.05) is 6.07 Å². The van der Waals surface area contributed by atoms with E-state index in [1.54, 1.807) is 13.8 Å². The number of hydrogen-bond donors (Lipinski definition) is 3. The van der Waals surface area contributed by atoms with Crippen LogP contribution < -0.4 is 5.73 Å². The Labute approximate surface area is 69.6 Å². The summed E-state index contributed by atoms with van der Waals surface area (Å²) in [5.74, 6) is -0.606. The van der Waals surface area contributed by atoms with Crippen molar-refractivity contribution in [3.63, 3.8) is 0 Å². The van der Waals surface area contributed by atoms with Crippen LogP contribution in [0.25, 0.3) is 0 Å². The van der Waals surface area contributed by atoms with Crippen LogP contribution in [0.1, 0.15) is 19.5 Å². The highest BCUT2D eigenvalue weighted by Crippen LogP contribution is 2.22. The Morgan fingerprint density at radius 3 is 2.67 bits per heavy atom. The zero-order chi connectivity index (χ0) is 9.35. The molecule has 1 heterocycles. The molecule has 0 aromatic carbocycles. The maximum absolute atomic E-state index is 10.7. The van der Waals surface area contributed by atoms with Gasteiger partial charge in [0.15, 0.2) is 0 Å². The lowest BCUT2D eigenvalue weighted by Gasteiger charge is -2.15. The first kappa shape index (κ1) is 8.58. The third-order valence-corrected chi connectivity index (χ3v) is 1.81. The number of aromatic amines is 1. The molecule has 5 heteroatoms. The lowest BCUT2D eigenvalue weighted by molar-refractivity contribution is -0.142. The second-order valence-electron chi connectivity index (χ2n) is 3.14. The molecule has 0 aliphatic rings. The molecule has 0 aliphatic carbocycles. The summed E-state index contributed by atoms with van der Waals surface area (Å²) in [4.78, 5) is 10.7. The van der Waals surface area contributed by atoms with Crippen molar-refractivity contribution in [1.82, 2.24) is 10.2 Å². The van der Waals surface area contributed by atoms with Gasteiger partial charge in [-0.3, -0.25) is 9.89 Å². The number of nitrogens with one attached hydrogen (secondary N) is 1. The monoisotopic (exact) mass is 169 g/mol. The smallest absolute Gasteiger partial charge is 0.315 e. The maximum Gasteiger partial charge on any atom is 0.315 e. The van der Waals surface area contributed by atoms with Gasteiger partial charge in [0.05, 0.1) is 5.69 Å². The summed E-state index contributed by atoms with van der Waals surface area (Å²) in [6.07, 6.45) is 0. The molecule has 0 radical (unpaired) electrons. The second-order valence-corrected chi connectivity index (χ2v) is 3.14. The van der Waals surface area contributed by atoms with Gasteiger partial charge >= 0.3 is 5.97 Å². The largest absolute Gasteiger partial charge is 0.481 e. The molecule has 5 nitrogen and oxygen atoms in total. The number of aromatic nitrogens is 2. The van der Waals surface area contributed by atoms with Crippen molar-refractivity contribution >= 4 is 11.8 Å². The van der Waals surface area contributed by atoms with Gasteiger partial charge in [-0.25, -0.2) is 0 Å². The average Bonchev–Trinajstić information content (AvgIpc) is 2.35. The molecule has 0 aliphatic heterocycles. The summed E-state index contributed by atoms with van der Waals surface area (Å²) >= 11 is 0. The SMILES string of the molecule is CC(C)(C(=O)O)c1cc(N)n[nH]1. The van der Waals surface area contributed by atoms with Crippen LogP contribution in [0.15, 0.2) is 6.07 Å². The van der Waals surface area contributed by atoms with E-state index in [1.807, 2.05) is 0 Å². The summed E-state index contributed by atoms with van der Waals surface area (Å²) < 4.78 is 0. The minimum atomic E-state index is -0.968. The van der Waals surface area contributed by atoms with Gasteiger partial charge in [-0.15, -0.1) is 0 Å². The van der Waals surface area contributed by atoms with Crippen LogP contribution in [0.5, 0.6) is 0 Å².